The molecule has 1 N–H and O–H groups in total. The van der Waals surface area contributed by atoms with E-state index in [9.17, 15) is 0 Å². The van der Waals surface area contributed by atoms with Gasteiger partial charge in [-0.05, 0) is 44.3 Å². The first-order chi connectivity index (χ1) is 8.26. The van der Waals surface area contributed by atoms with E-state index in [2.05, 4.69) is 50.4 Å². The van der Waals surface area contributed by atoms with Crippen LogP contribution in [0, 0.1) is 12.8 Å². The maximum absolute atomic E-state index is 3.55. The molecule has 0 saturated carbocycles. The van der Waals surface area contributed by atoms with Crippen molar-refractivity contribution >= 4 is 0 Å². The van der Waals surface area contributed by atoms with Crippen LogP contribution in [-0.4, -0.2) is 13.1 Å². The zero-order chi connectivity index (χ0) is 12.5. The second-order valence-corrected chi connectivity index (χ2v) is 4.96. The van der Waals surface area contributed by atoms with Crippen molar-refractivity contribution in [2.45, 2.75) is 46.5 Å². The Labute approximate surface area is 107 Å². The molecular formula is C16H27N. The van der Waals surface area contributed by atoms with Gasteiger partial charge in [0.05, 0.1) is 0 Å². The fraction of sp³-hybridized carbons (Fsp3) is 0.625. The third-order valence-corrected chi connectivity index (χ3v) is 3.60. The summed E-state index contributed by atoms with van der Waals surface area (Å²) >= 11 is 0. The minimum Gasteiger partial charge on any atom is -0.316 e. The van der Waals surface area contributed by atoms with Crippen molar-refractivity contribution in [3.05, 3.63) is 35.4 Å². The van der Waals surface area contributed by atoms with Crippen LogP contribution in [0.4, 0.5) is 0 Å². The van der Waals surface area contributed by atoms with E-state index in [1.165, 1.54) is 30.4 Å². The quantitative estimate of drug-likeness (QED) is 0.670. The van der Waals surface area contributed by atoms with Crippen molar-refractivity contribution in [1.82, 2.24) is 5.32 Å². The molecule has 0 heterocycles. The van der Waals surface area contributed by atoms with E-state index >= 15 is 0 Å². The van der Waals surface area contributed by atoms with E-state index in [0.29, 0.717) is 0 Å². The SMILES string of the molecule is CCC(CC)CCNCCc1ccc(C)cc1. The van der Waals surface area contributed by atoms with Crippen LogP contribution < -0.4 is 5.32 Å². The highest BCUT2D eigenvalue weighted by Gasteiger charge is 2.01. The number of hydrogen-bond acceptors (Lipinski definition) is 1. The summed E-state index contributed by atoms with van der Waals surface area (Å²) in [4.78, 5) is 0. The first-order valence-electron chi connectivity index (χ1n) is 7.02. The first kappa shape index (κ1) is 14.2. The van der Waals surface area contributed by atoms with Gasteiger partial charge in [0, 0.05) is 0 Å². The van der Waals surface area contributed by atoms with Gasteiger partial charge in [-0.3, -0.25) is 0 Å². The van der Waals surface area contributed by atoms with Crippen LogP contribution in [0.5, 0.6) is 0 Å². The summed E-state index contributed by atoms with van der Waals surface area (Å²) in [6.45, 7) is 8.99. The van der Waals surface area contributed by atoms with Gasteiger partial charge in [0.2, 0.25) is 0 Å². The molecule has 0 fully saturated rings. The lowest BCUT2D eigenvalue weighted by Gasteiger charge is -2.12. The van der Waals surface area contributed by atoms with Crippen LogP contribution in [0.3, 0.4) is 0 Å². The molecule has 0 amide bonds. The molecule has 0 aliphatic carbocycles. The Morgan fingerprint density at radius 3 is 2.24 bits per heavy atom. The smallest absolute Gasteiger partial charge is 0.000835 e. The third-order valence-electron chi connectivity index (χ3n) is 3.60. The monoisotopic (exact) mass is 233 g/mol. The van der Waals surface area contributed by atoms with Gasteiger partial charge >= 0.3 is 0 Å². The molecule has 1 aromatic carbocycles. The first-order valence-corrected chi connectivity index (χ1v) is 7.02. The van der Waals surface area contributed by atoms with E-state index < -0.39 is 0 Å². The lowest BCUT2D eigenvalue weighted by Crippen LogP contribution is -2.20. The minimum absolute atomic E-state index is 0.905. The van der Waals surface area contributed by atoms with Crippen molar-refractivity contribution < 1.29 is 0 Å². The summed E-state index contributed by atoms with van der Waals surface area (Å²) in [5.41, 5.74) is 2.78. The highest BCUT2D eigenvalue weighted by molar-refractivity contribution is 5.21. The standard InChI is InChI=1S/C16H27N/c1-4-15(5-2)10-12-17-13-11-16-8-6-14(3)7-9-16/h6-9,15,17H,4-5,10-13H2,1-3H3. The van der Waals surface area contributed by atoms with Crippen LogP contribution in [0.15, 0.2) is 24.3 Å². The zero-order valence-corrected chi connectivity index (χ0v) is 11.6. The molecule has 17 heavy (non-hydrogen) atoms. The van der Waals surface area contributed by atoms with Gasteiger partial charge in [-0.15, -0.1) is 0 Å². The Morgan fingerprint density at radius 1 is 1.00 bits per heavy atom. The maximum Gasteiger partial charge on any atom is -0.000835 e. The molecule has 1 nitrogen and oxygen atoms in total. The molecule has 0 bridgehead atoms. The molecule has 1 aromatic rings. The van der Waals surface area contributed by atoms with Crippen molar-refractivity contribution in [3.63, 3.8) is 0 Å². The molecule has 0 aliphatic heterocycles. The average Bonchev–Trinajstić information content (AvgIpc) is 2.36. The summed E-state index contributed by atoms with van der Waals surface area (Å²) in [6.07, 6.45) is 5.09. The number of benzene rings is 1. The molecule has 0 atom stereocenters. The van der Waals surface area contributed by atoms with Crippen LogP contribution in [0.2, 0.25) is 0 Å². The van der Waals surface area contributed by atoms with Crippen LogP contribution in [0.25, 0.3) is 0 Å². The largest absolute Gasteiger partial charge is 0.316 e. The summed E-state index contributed by atoms with van der Waals surface area (Å²) in [7, 11) is 0. The van der Waals surface area contributed by atoms with Gasteiger partial charge in [0.1, 0.15) is 0 Å². The highest BCUT2D eigenvalue weighted by atomic mass is 14.8. The van der Waals surface area contributed by atoms with Gasteiger partial charge < -0.3 is 5.32 Å². The topological polar surface area (TPSA) is 12.0 Å². The molecule has 0 aromatic heterocycles. The molecule has 1 rings (SSSR count). The zero-order valence-electron chi connectivity index (χ0n) is 11.6. The third kappa shape index (κ3) is 5.88. The average molecular weight is 233 g/mol. The van der Waals surface area contributed by atoms with Crippen LogP contribution in [-0.2, 0) is 6.42 Å². The second kappa shape index (κ2) is 8.30. The van der Waals surface area contributed by atoms with Gasteiger partial charge in [-0.25, -0.2) is 0 Å². The van der Waals surface area contributed by atoms with Crippen molar-refractivity contribution in [3.8, 4) is 0 Å². The van der Waals surface area contributed by atoms with Crippen molar-refractivity contribution in [2.75, 3.05) is 13.1 Å². The Kier molecular flexibility index (Phi) is 6.95. The molecular weight excluding hydrogens is 206 g/mol. The molecule has 96 valence electrons. The fourth-order valence-electron chi connectivity index (χ4n) is 2.12. The predicted octanol–water partition coefficient (Wildman–Crippen LogP) is 3.95. The molecule has 0 aliphatic rings. The Hall–Kier alpha value is -0.820. The van der Waals surface area contributed by atoms with Crippen molar-refractivity contribution in [1.29, 1.82) is 0 Å². The highest BCUT2D eigenvalue weighted by Crippen LogP contribution is 2.10. The molecule has 0 radical (unpaired) electrons. The van der Waals surface area contributed by atoms with Gasteiger partial charge in [0.25, 0.3) is 0 Å². The number of rotatable bonds is 8. The maximum atomic E-state index is 3.55. The van der Waals surface area contributed by atoms with Gasteiger partial charge in [-0.2, -0.15) is 0 Å². The summed E-state index contributed by atoms with van der Waals surface area (Å²) in [5, 5.41) is 3.55. The lowest BCUT2D eigenvalue weighted by molar-refractivity contribution is 0.440. The van der Waals surface area contributed by atoms with Gasteiger partial charge in [-0.1, -0.05) is 56.5 Å². The van der Waals surface area contributed by atoms with Crippen LogP contribution >= 0.6 is 0 Å². The Morgan fingerprint density at radius 2 is 1.65 bits per heavy atom. The van der Waals surface area contributed by atoms with E-state index in [4.69, 9.17) is 0 Å². The lowest BCUT2D eigenvalue weighted by atomic mass is 10.00. The summed E-state index contributed by atoms with van der Waals surface area (Å²) in [5.74, 6) is 0.905. The molecule has 0 spiro atoms. The molecule has 0 saturated heterocycles. The predicted molar refractivity (Wildman–Crippen MR) is 76.4 cm³/mol. The van der Waals surface area contributed by atoms with E-state index in [1.807, 2.05) is 0 Å². The molecule has 0 unspecified atom stereocenters. The Balaban J connectivity index is 2.10. The molecule has 1 heteroatoms. The number of aryl methyl sites for hydroxylation is 1. The van der Waals surface area contributed by atoms with Crippen LogP contribution in [0.1, 0.15) is 44.2 Å². The minimum atomic E-state index is 0.905. The van der Waals surface area contributed by atoms with E-state index in [1.54, 1.807) is 0 Å². The van der Waals surface area contributed by atoms with Gasteiger partial charge in [0.15, 0.2) is 0 Å². The second-order valence-electron chi connectivity index (χ2n) is 4.96. The normalized spacial score (nSPS) is 11.1. The van der Waals surface area contributed by atoms with Crippen molar-refractivity contribution in [2.24, 2.45) is 5.92 Å². The van der Waals surface area contributed by atoms with E-state index in [0.717, 1.165) is 25.4 Å². The number of nitrogens with one attached hydrogen (secondary N) is 1. The van der Waals surface area contributed by atoms with E-state index in [-0.39, 0.29) is 0 Å². The summed E-state index contributed by atoms with van der Waals surface area (Å²) < 4.78 is 0. The summed E-state index contributed by atoms with van der Waals surface area (Å²) in [6, 6.07) is 8.86. The number of hydrogen-bond donors (Lipinski definition) is 1. The fourth-order valence-corrected chi connectivity index (χ4v) is 2.12. The Bertz CT molecular complexity index is 285.